The van der Waals surface area contributed by atoms with E-state index in [-0.39, 0.29) is 0 Å². The molecule has 15 aromatic rings. The predicted molar refractivity (Wildman–Crippen MR) is 315 cm³/mol. The van der Waals surface area contributed by atoms with Gasteiger partial charge in [0.2, 0.25) is 0 Å². The molecule has 0 fully saturated rings. The second-order valence-electron chi connectivity index (χ2n) is 20.7. The second-order valence-corrected chi connectivity index (χ2v) is 20.7. The van der Waals surface area contributed by atoms with Gasteiger partial charge in [-0.15, -0.1) is 0 Å². The number of benzene rings is 13. The zero-order valence-corrected chi connectivity index (χ0v) is 40.8. The number of fused-ring (bicyclic) bond motifs is 23. The molecule has 0 atom stereocenters. The van der Waals surface area contributed by atoms with E-state index in [0.717, 1.165) is 11.4 Å². The van der Waals surface area contributed by atoms with E-state index >= 15 is 0 Å². The van der Waals surface area contributed by atoms with Gasteiger partial charge in [-0.25, -0.2) is 0 Å². The van der Waals surface area contributed by atoms with Gasteiger partial charge in [-0.2, -0.15) is 0 Å². The molecule has 0 N–H and O–H groups in total. The molecule has 0 saturated carbocycles. The molecule has 0 unspecified atom stereocenters. The molecule has 13 aromatic carbocycles. The summed E-state index contributed by atoms with van der Waals surface area (Å²) >= 11 is 0. The summed E-state index contributed by atoms with van der Waals surface area (Å²) in [7, 11) is 0. The van der Waals surface area contributed by atoms with Gasteiger partial charge in [-0.3, -0.25) is 0 Å². The number of para-hydroxylation sites is 4. The third-order valence-electron chi connectivity index (χ3n) is 17.1. The Kier molecular flexibility index (Phi) is 8.24. The molecule has 0 amide bonds. The van der Waals surface area contributed by atoms with Crippen LogP contribution in [-0.4, -0.2) is 9.13 Å². The molecule has 0 bridgehead atoms. The quantitative estimate of drug-likeness (QED) is 0.156. The van der Waals surface area contributed by atoms with Crippen LogP contribution < -0.4 is 0 Å². The van der Waals surface area contributed by atoms with Gasteiger partial charge >= 0.3 is 0 Å². The molecule has 0 saturated heterocycles. The van der Waals surface area contributed by atoms with Crippen molar-refractivity contribution in [3.05, 3.63) is 289 Å². The van der Waals surface area contributed by atoms with Crippen LogP contribution in [0.1, 0.15) is 22.3 Å². The van der Waals surface area contributed by atoms with Crippen molar-refractivity contribution in [3.8, 4) is 55.9 Å². The lowest BCUT2D eigenvalue weighted by Gasteiger charge is -2.33. The first kappa shape index (κ1) is 40.8. The minimum Gasteiger partial charge on any atom is -0.309 e. The van der Waals surface area contributed by atoms with Gasteiger partial charge in [0.25, 0.3) is 0 Å². The molecular formula is C73H44N2. The monoisotopic (exact) mass is 948 g/mol. The molecular weight excluding hydrogens is 905 g/mol. The molecule has 1 spiro atoms. The molecule has 2 aliphatic carbocycles. The highest BCUT2D eigenvalue weighted by molar-refractivity contribution is 6.26. The maximum absolute atomic E-state index is 2.54. The topological polar surface area (TPSA) is 9.86 Å². The molecule has 2 heteroatoms. The predicted octanol–water partition coefficient (Wildman–Crippen LogP) is 19.0. The van der Waals surface area contributed by atoms with Gasteiger partial charge in [0.1, 0.15) is 0 Å². The minimum atomic E-state index is -0.638. The van der Waals surface area contributed by atoms with Crippen molar-refractivity contribution < 1.29 is 0 Å². The molecule has 2 heterocycles. The fourth-order valence-corrected chi connectivity index (χ4v) is 14.0. The number of hydrogen-bond donors (Lipinski definition) is 0. The summed E-state index contributed by atoms with van der Waals surface area (Å²) in [6.07, 6.45) is 0. The summed E-state index contributed by atoms with van der Waals surface area (Å²) in [5, 5.41) is 12.8. The summed E-state index contributed by atoms with van der Waals surface area (Å²) < 4.78 is 4.81. The molecule has 17 rings (SSSR count). The van der Waals surface area contributed by atoms with Crippen molar-refractivity contribution in [2.75, 3.05) is 0 Å². The van der Waals surface area contributed by atoms with Crippen molar-refractivity contribution in [3.63, 3.8) is 0 Å². The molecule has 2 aliphatic rings. The van der Waals surface area contributed by atoms with Crippen molar-refractivity contribution in [2.24, 2.45) is 0 Å². The van der Waals surface area contributed by atoms with Crippen LogP contribution in [0.4, 0.5) is 0 Å². The zero-order chi connectivity index (χ0) is 48.9. The maximum atomic E-state index is 2.54. The van der Waals surface area contributed by atoms with E-state index in [2.05, 4.69) is 276 Å². The largest absolute Gasteiger partial charge is 0.309 e. The number of hydrogen-bond acceptors (Lipinski definition) is 0. The van der Waals surface area contributed by atoms with Gasteiger partial charge in [-0.05, 0) is 160 Å². The van der Waals surface area contributed by atoms with Crippen molar-refractivity contribution in [2.45, 2.75) is 5.41 Å². The lowest BCUT2D eigenvalue weighted by atomic mass is 9.68. The zero-order valence-electron chi connectivity index (χ0n) is 40.8. The standard InChI is InChI=1S/C73H44N2/c1-2-16-52-47(15-1)33-42-61-53-17-3-4-22-60(53)71-62-23-5-10-24-63(62)73(72(71)70(52)61)64-43-48(45-29-36-50(37-30-45)74-66-25-11-6-18-56(66)57-19-7-12-26-67(57)74)34-40-54(64)55-41-35-49(44-65(55)73)46-31-38-51(39-32-46)75-68-27-13-8-20-58(68)59-21-9-14-28-69(59)75/h1-44H. The van der Waals surface area contributed by atoms with Gasteiger partial charge < -0.3 is 9.13 Å². The molecule has 0 aliphatic heterocycles. The summed E-state index contributed by atoms with van der Waals surface area (Å²) in [5.41, 5.74) is 21.9. The molecule has 0 radical (unpaired) electrons. The fourth-order valence-electron chi connectivity index (χ4n) is 14.0. The number of nitrogens with zero attached hydrogens (tertiary/aromatic N) is 2. The van der Waals surface area contributed by atoms with Gasteiger partial charge in [-0.1, -0.05) is 206 Å². The second kappa shape index (κ2) is 15.1. The molecule has 2 aromatic heterocycles. The van der Waals surface area contributed by atoms with E-state index in [0.29, 0.717) is 0 Å². The van der Waals surface area contributed by atoms with Crippen molar-refractivity contribution in [1.29, 1.82) is 0 Å². The van der Waals surface area contributed by atoms with E-state index in [1.807, 2.05) is 0 Å². The van der Waals surface area contributed by atoms with Gasteiger partial charge in [0.15, 0.2) is 0 Å². The summed E-state index contributed by atoms with van der Waals surface area (Å²) in [5.74, 6) is 0. The minimum absolute atomic E-state index is 0.638. The third kappa shape index (κ3) is 5.42. The number of rotatable bonds is 4. The molecule has 2 nitrogen and oxygen atoms in total. The van der Waals surface area contributed by atoms with Crippen LogP contribution in [0, 0.1) is 0 Å². The lowest BCUT2D eigenvalue weighted by Crippen LogP contribution is -2.26. The van der Waals surface area contributed by atoms with Crippen LogP contribution in [-0.2, 0) is 5.41 Å². The molecule has 346 valence electrons. The van der Waals surface area contributed by atoms with Crippen LogP contribution in [0.25, 0.3) is 132 Å². The van der Waals surface area contributed by atoms with Crippen LogP contribution in [0.2, 0.25) is 0 Å². The average Bonchev–Trinajstić information content (AvgIpc) is 4.40. The van der Waals surface area contributed by atoms with Crippen LogP contribution in [0.5, 0.6) is 0 Å². The molecule has 75 heavy (non-hydrogen) atoms. The van der Waals surface area contributed by atoms with Crippen LogP contribution in [0.15, 0.2) is 267 Å². The smallest absolute Gasteiger partial charge is 0.0732 e. The van der Waals surface area contributed by atoms with Crippen molar-refractivity contribution in [1.82, 2.24) is 9.13 Å². The Balaban J connectivity index is 0.911. The summed E-state index contributed by atoms with van der Waals surface area (Å²) in [4.78, 5) is 0. The normalized spacial score (nSPS) is 13.2. The van der Waals surface area contributed by atoms with E-state index in [1.54, 1.807) is 0 Å². The van der Waals surface area contributed by atoms with Crippen LogP contribution >= 0.6 is 0 Å². The Morgan fingerprint density at radius 2 is 0.667 bits per heavy atom. The third-order valence-corrected chi connectivity index (χ3v) is 17.1. The van der Waals surface area contributed by atoms with Gasteiger partial charge in [0.05, 0.1) is 27.5 Å². The average molecular weight is 949 g/mol. The van der Waals surface area contributed by atoms with Gasteiger partial charge in [0, 0.05) is 32.9 Å². The Morgan fingerprint density at radius 3 is 1.19 bits per heavy atom. The van der Waals surface area contributed by atoms with E-state index in [4.69, 9.17) is 0 Å². The first-order chi connectivity index (χ1) is 37.2. The lowest BCUT2D eigenvalue weighted by molar-refractivity contribution is 0.803. The highest BCUT2D eigenvalue weighted by atomic mass is 15.0. The highest BCUT2D eigenvalue weighted by Crippen LogP contribution is 2.66. The Labute approximate surface area is 433 Å². The maximum Gasteiger partial charge on any atom is 0.0732 e. The Bertz CT molecular complexity index is 4620. The first-order valence-corrected chi connectivity index (χ1v) is 26.2. The Morgan fingerprint density at radius 1 is 0.253 bits per heavy atom. The fraction of sp³-hybridized carbons (Fsp3) is 0.0137. The number of aromatic nitrogens is 2. The van der Waals surface area contributed by atoms with Crippen molar-refractivity contribution >= 4 is 75.9 Å². The first-order valence-electron chi connectivity index (χ1n) is 26.2. The van der Waals surface area contributed by atoms with E-state index in [1.165, 1.54) is 143 Å². The van der Waals surface area contributed by atoms with Crippen LogP contribution in [0.3, 0.4) is 0 Å². The van der Waals surface area contributed by atoms with E-state index < -0.39 is 5.41 Å². The van der Waals surface area contributed by atoms with E-state index in [9.17, 15) is 0 Å². The Hall–Kier alpha value is -9.76. The summed E-state index contributed by atoms with van der Waals surface area (Å²) in [6.45, 7) is 0. The highest BCUT2D eigenvalue weighted by Gasteiger charge is 2.53. The summed E-state index contributed by atoms with van der Waals surface area (Å²) in [6, 6.07) is 100. The SMILES string of the molecule is c1ccc2c(c1)-c1c(c3c4ccccc4ccc3c3ccccc13)C21c2cc(-c3ccc(-n4c5ccccc5c5ccccc54)cc3)ccc2-c2ccc(-c3ccc(-n4c5ccccc5c5ccccc54)cc3)cc21.